The normalized spacial score (nSPS) is 11.8. The van der Waals surface area contributed by atoms with Crippen molar-refractivity contribution < 1.29 is 4.42 Å². The van der Waals surface area contributed by atoms with Crippen molar-refractivity contribution in [3.63, 3.8) is 0 Å². The van der Waals surface area contributed by atoms with Crippen LogP contribution in [0.15, 0.2) is 235 Å². The van der Waals surface area contributed by atoms with E-state index in [1.165, 1.54) is 54.1 Å². The summed E-state index contributed by atoms with van der Waals surface area (Å²) in [5.41, 5.74) is 13.0. The second-order valence-corrected chi connectivity index (χ2v) is 16.4. The highest BCUT2D eigenvalue weighted by Gasteiger charge is 2.20. The van der Waals surface area contributed by atoms with E-state index in [-0.39, 0.29) is 0 Å². The molecule has 294 valence electrons. The SMILES string of the molecule is c1cc(-c2ccccc2-n2c3ccccc3c3ccccc32)cc(N(c2ccc(-c3cccc4c3oc3ccccc34)cc2)c2ccc3c4ccccc4c4ccccc4c3c2)c1. The minimum atomic E-state index is 0.902. The first kappa shape index (κ1) is 35.4. The Labute approximate surface area is 363 Å². The van der Waals surface area contributed by atoms with E-state index in [2.05, 4.69) is 228 Å². The summed E-state index contributed by atoms with van der Waals surface area (Å²) in [6.45, 7) is 0. The molecule has 2 aromatic heterocycles. The molecular weight excluding hydrogens is 765 g/mol. The zero-order valence-electron chi connectivity index (χ0n) is 34.2. The molecule has 0 saturated heterocycles. The maximum Gasteiger partial charge on any atom is 0.143 e. The Morgan fingerprint density at radius 3 is 1.52 bits per heavy atom. The van der Waals surface area contributed by atoms with Crippen LogP contribution in [0.25, 0.3) is 104 Å². The van der Waals surface area contributed by atoms with Crippen molar-refractivity contribution in [3.8, 4) is 27.9 Å². The van der Waals surface area contributed by atoms with Crippen molar-refractivity contribution in [1.82, 2.24) is 4.57 Å². The third-order valence-electron chi connectivity index (χ3n) is 13.0. The van der Waals surface area contributed by atoms with Gasteiger partial charge in [-0.2, -0.15) is 0 Å². The van der Waals surface area contributed by atoms with Crippen molar-refractivity contribution >= 4 is 93.1 Å². The maximum absolute atomic E-state index is 6.49. The zero-order valence-corrected chi connectivity index (χ0v) is 34.2. The van der Waals surface area contributed by atoms with Gasteiger partial charge in [0.25, 0.3) is 0 Å². The monoisotopic (exact) mass is 802 g/mol. The maximum atomic E-state index is 6.49. The van der Waals surface area contributed by atoms with Crippen LogP contribution in [-0.2, 0) is 0 Å². The highest BCUT2D eigenvalue weighted by atomic mass is 16.3. The molecule has 13 aromatic rings. The van der Waals surface area contributed by atoms with E-state index >= 15 is 0 Å². The van der Waals surface area contributed by atoms with Gasteiger partial charge in [0, 0.05) is 49.7 Å². The van der Waals surface area contributed by atoms with Crippen molar-refractivity contribution in [3.05, 3.63) is 231 Å². The predicted octanol–water partition coefficient (Wildman–Crippen LogP) is 16.9. The number of hydrogen-bond donors (Lipinski definition) is 0. The fourth-order valence-electron chi connectivity index (χ4n) is 10.2. The van der Waals surface area contributed by atoms with Crippen LogP contribution < -0.4 is 4.90 Å². The highest BCUT2D eigenvalue weighted by molar-refractivity contribution is 6.26. The van der Waals surface area contributed by atoms with Crippen LogP contribution in [-0.4, -0.2) is 4.57 Å². The van der Waals surface area contributed by atoms with Gasteiger partial charge in [-0.15, -0.1) is 0 Å². The third kappa shape index (κ3) is 5.53. The van der Waals surface area contributed by atoms with Gasteiger partial charge in [0.2, 0.25) is 0 Å². The second-order valence-electron chi connectivity index (χ2n) is 16.4. The van der Waals surface area contributed by atoms with Gasteiger partial charge in [0.1, 0.15) is 11.2 Å². The van der Waals surface area contributed by atoms with Crippen LogP contribution in [0, 0.1) is 0 Å². The van der Waals surface area contributed by atoms with Gasteiger partial charge in [-0.3, -0.25) is 0 Å². The Hall–Kier alpha value is -8.40. The second kappa shape index (κ2) is 14.1. The first-order chi connectivity index (χ1) is 31.3. The molecule has 11 aromatic carbocycles. The van der Waals surface area contributed by atoms with E-state index in [0.29, 0.717) is 0 Å². The molecule has 0 unspecified atom stereocenters. The van der Waals surface area contributed by atoms with Gasteiger partial charge in [0.15, 0.2) is 0 Å². The number of fused-ring (bicyclic) bond motifs is 12. The minimum absolute atomic E-state index is 0.902. The van der Waals surface area contributed by atoms with E-state index < -0.39 is 0 Å². The predicted molar refractivity (Wildman–Crippen MR) is 266 cm³/mol. The van der Waals surface area contributed by atoms with Crippen LogP contribution in [0.3, 0.4) is 0 Å². The molecule has 0 spiro atoms. The zero-order chi connectivity index (χ0) is 41.4. The molecule has 0 fully saturated rings. The van der Waals surface area contributed by atoms with E-state index in [1.54, 1.807) is 0 Å². The average molecular weight is 803 g/mol. The number of furan rings is 1. The third-order valence-corrected chi connectivity index (χ3v) is 13.0. The van der Waals surface area contributed by atoms with Crippen LogP contribution >= 0.6 is 0 Å². The first-order valence-corrected chi connectivity index (χ1v) is 21.6. The van der Waals surface area contributed by atoms with Gasteiger partial charge in [0.05, 0.1) is 16.7 Å². The molecule has 3 nitrogen and oxygen atoms in total. The molecule has 0 amide bonds. The lowest BCUT2D eigenvalue weighted by molar-refractivity contribution is 0.670. The molecule has 0 saturated carbocycles. The van der Waals surface area contributed by atoms with Crippen LogP contribution in [0.2, 0.25) is 0 Å². The summed E-state index contributed by atoms with van der Waals surface area (Å²) in [5, 5.41) is 12.3. The number of nitrogens with zero attached hydrogens (tertiary/aromatic N) is 2. The van der Waals surface area contributed by atoms with E-state index in [0.717, 1.165) is 66.9 Å². The lowest BCUT2D eigenvalue weighted by Crippen LogP contribution is -2.10. The van der Waals surface area contributed by atoms with Crippen LogP contribution in [0.1, 0.15) is 0 Å². The summed E-state index contributed by atoms with van der Waals surface area (Å²) in [4.78, 5) is 2.40. The lowest BCUT2D eigenvalue weighted by Gasteiger charge is -2.27. The minimum Gasteiger partial charge on any atom is -0.455 e. The summed E-state index contributed by atoms with van der Waals surface area (Å²) in [5.74, 6) is 0. The summed E-state index contributed by atoms with van der Waals surface area (Å²) >= 11 is 0. The Balaban J connectivity index is 1.01. The largest absolute Gasteiger partial charge is 0.455 e. The van der Waals surface area contributed by atoms with Gasteiger partial charge < -0.3 is 13.9 Å². The Morgan fingerprint density at radius 1 is 0.302 bits per heavy atom. The van der Waals surface area contributed by atoms with Gasteiger partial charge in [-0.05, 0) is 104 Å². The number of anilines is 3. The average Bonchev–Trinajstić information content (AvgIpc) is 3.91. The van der Waals surface area contributed by atoms with Gasteiger partial charge >= 0.3 is 0 Å². The molecular formula is C60H38N2O. The van der Waals surface area contributed by atoms with E-state index in [4.69, 9.17) is 4.42 Å². The topological polar surface area (TPSA) is 21.3 Å². The molecule has 0 N–H and O–H groups in total. The fraction of sp³-hybridized carbons (Fsp3) is 0. The first-order valence-electron chi connectivity index (χ1n) is 21.6. The Kier molecular flexibility index (Phi) is 7.91. The number of rotatable bonds is 6. The van der Waals surface area contributed by atoms with Gasteiger partial charge in [-0.25, -0.2) is 0 Å². The molecule has 63 heavy (non-hydrogen) atoms. The summed E-state index contributed by atoms with van der Waals surface area (Å²) in [6.07, 6.45) is 0. The van der Waals surface area contributed by atoms with Crippen molar-refractivity contribution in [2.45, 2.75) is 0 Å². The van der Waals surface area contributed by atoms with Crippen molar-refractivity contribution in [2.75, 3.05) is 4.90 Å². The summed E-state index contributed by atoms with van der Waals surface area (Å²) in [6, 6.07) is 83.5. The molecule has 0 bridgehead atoms. The fourth-order valence-corrected chi connectivity index (χ4v) is 10.2. The molecule has 0 atom stereocenters. The smallest absolute Gasteiger partial charge is 0.143 e. The number of benzene rings is 11. The highest BCUT2D eigenvalue weighted by Crippen LogP contribution is 2.44. The van der Waals surface area contributed by atoms with Crippen molar-refractivity contribution in [1.29, 1.82) is 0 Å². The van der Waals surface area contributed by atoms with Crippen molar-refractivity contribution in [2.24, 2.45) is 0 Å². The summed E-state index contributed by atoms with van der Waals surface area (Å²) < 4.78 is 8.91. The molecule has 0 radical (unpaired) electrons. The van der Waals surface area contributed by atoms with Gasteiger partial charge in [-0.1, -0.05) is 170 Å². The molecule has 13 rings (SSSR count). The Morgan fingerprint density at radius 2 is 0.810 bits per heavy atom. The summed E-state index contributed by atoms with van der Waals surface area (Å²) in [7, 11) is 0. The standard InChI is InChI=1S/C60H38N2O/c1-2-20-48-46(18-1)47-19-3-4-21-49(47)55-38-43(35-36-50(48)55)61(41-33-31-39(32-34-41)45-25-14-26-54-53-24-8-12-30-59(53)63-60(45)54)42-16-13-15-40(37-42)44-17-5-9-27-56(44)62-57-28-10-6-22-51(57)52-23-7-11-29-58(52)62/h1-38H. The molecule has 2 heterocycles. The molecule has 3 heteroatoms. The molecule has 0 aliphatic heterocycles. The van der Waals surface area contributed by atoms with E-state index in [9.17, 15) is 0 Å². The number of aromatic nitrogens is 1. The van der Waals surface area contributed by atoms with Crippen LogP contribution in [0.5, 0.6) is 0 Å². The number of hydrogen-bond acceptors (Lipinski definition) is 2. The van der Waals surface area contributed by atoms with E-state index in [1.807, 2.05) is 12.1 Å². The molecule has 0 aliphatic rings. The van der Waals surface area contributed by atoms with Crippen LogP contribution in [0.4, 0.5) is 17.1 Å². The Bertz CT molecular complexity index is 3840. The quantitative estimate of drug-likeness (QED) is 0.156. The number of para-hydroxylation sites is 5. The molecule has 0 aliphatic carbocycles. The lowest BCUT2D eigenvalue weighted by atomic mass is 9.94.